The first-order valence-electron chi connectivity index (χ1n) is 4.22. The van der Waals surface area contributed by atoms with Crippen molar-refractivity contribution >= 4 is 28.4 Å². The third-order valence-electron chi connectivity index (χ3n) is 1.59. The van der Waals surface area contributed by atoms with Crippen LogP contribution in [0.3, 0.4) is 0 Å². The van der Waals surface area contributed by atoms with Gasteiger partial charge in [-0.3, -0.25) is 0 Å². The highest BCUT2D eigenvalue weighted by Crippen LogP contribution is 2.17. The van der Waals surface area contributed by atoms with Gasteiger partial charge in [0.2, 0.25) is 0 Å². The van der Waals surface area contributed by atoms with E-state index in [1.807, 2.05) is 22.6 Å². The molecule has 16 heavy (non-hydrogen) atoms. The molecule has 8 heteroatoms. The number of nitrogens with two attached hydrogens (primary N) is 1. The molecule has 1 heterocycles. The molecule has 1 rings (SSSR count). The van der Waals surface area contributed by atoms with E-state index in [1.165, 1.54) is 0 Å². The first-order chi connectivity index (χ1) is 7.29. The Kier molecular flexibility index (Phi) is 4.30. The summed E-state index contributed by atoms with van der Waals surface area (Å²) in [6.07, 6.45) is -4.34. The highest BCUT2D eigenvalue weighted by Gasteiger charge is 2.27. The molecule has 0 saturated heterocycles. The monoisotopic (exact) mass is 347 g/mol. The molecular formula is C8H9F3IN3O. The third kappa shape index (κ3) is 4.08. The topological polar surface area (TPSA) is 61.0 Å². The standard InChI is InChI=1S/C8H9F3IN3O/c1-4-6(12)7(13)15-5(14-4)2-16-3-8(9,10)11/h2-3H2,1H3,(H2,13,14,15). The third-order valence-corrected chi connectivity index (χ3v) is 2.92. The largest absolute Gasteiger partial charge is 0.411 e. The van der Waals surface area contributed by atoms with Gasteiger partial charge >= 0.3 is 6.18 Å². The predicted molar refractivity (Wildman–Crippen MR) is 59.6 cm³/mol. The van der Waals surface area contributed by atoms with E-state index in [2.05, 4.69) is 14.7 Å². The van der Waals surface area contributed by atoms with E-state index in [0.29, 0.717) is 9.26 Å². The number of nitrogen functional groups attached to an aromatic ring is 1. The van der Waals surface area contributed by atoms with E-state index in [-0.39, 0.29) is 18.2 Å². The average Bonchev–Trinajstić information content (AvgIpc) is 2.12. The molecule has 0 aliphatic heterocycles. The first kappa shape index (κ1) is 13.4. The maximum Gasteiger partial charge on any atom is 0.411 e. The summed E-state index contributed by atoms with van der Waals surface area (Å²) in [5, 5.41) is 0. The number of alkyl halides is 3. The molecule has 0 bridgehead atoms. The molecular weight excluding hydrogens is 338 g/mol. The Bertz CT molecular complexity index is 360. The molecule has 0 amide bonds. The molecule has 1 aromatic rings. The van der Waals surface area contributed by atoms with E-state index < -0.39 is 12.8 Å². The minimum Gasteiger partial charge on any atom is -0.383 e. The van der Waals surface area contributed by atoms with Crippen LogP contribution in [0.15, 0.2) is 0 Å². The van der Waals surface area contributed by atoms with Crippen LogP contribution in [0, 0.1) is 10.5 Å². The second-order valence-electron chi connectivity index (χ2n) is 3.03. The quantitative estimate of drug-likeness (QED) is 0.851. The van der Waals surface area contributed by atoms with Crippen molar-refractivity contribution in [2.75, 3.05) is 12.3 Å². The summed E-state index contributed by atoms with van der Waals surface area (Å²) >= 11 is 1.97. The van der Waals surface area contributed by atoms with Crippen LogP contribution >= 0.6 is 22.6 Å². The maximum absolute atomic E-state index is 11.8. The zero-order valence-electron chi connectivity index (χ0n) is 8.31. The number of anilines is 1. The van der Waals surface area contributed by atoms with Crippen LogP contribution in [0.4, 0.5) is 19.0 Å². The number of halogens is 4. The molecule has 0 aromatic carbocycles. The molecule has 0 aliphatic carbocycles. The zero-order valence-corrected chi connectivity index (χ0v) is 10.5. The molecule has 0 spiro atoms. The van der Waals surface area contributed by atoms with E-state index in [1.54, 1.807) is 6.92 Å². The Hall–Kier alpha value is -0.640. The van der Waals surface area contributed by atoms with Crippen LogP contribution in [0.5, 0.6) is 0 Å². The summed E-state index contributed by atoms with van der Waals surface area (Å²) in [5.74, 6) is 0.401. The summed E-state index contributed by atoms with van der Waals surface area (Å²) in [5.41, 5.74) is 6.17. The Morgan fingerprint density at radius 2 is 2.00 bits per heavy atom. The van der Waals surface area contributed by atoms with Gasteiger partial charge in [-0.25, -0.2) is 9.97 Å². The van der Waals surface area contributed by atoms with Gasteiger partial charge in [-0.15, -0.1) is 0 Å². The smallest absolute Gasteiger partial charge is 0.383 e. The molecule has 0 radical (unpaired) electrons. The molecule has 0 aliphatic rings. The van der Waals surface area contributed by atoms with Gasteiger partial charge in [-0.05, 0) is 29.5 Å². The fourth-order valence-corrected chi connectivity index (χ4v) is 1.20. The molecule has 2 N–H and O–H groups in total. The van der Waals surface area contributed by atoms with Crippen molar-refractivity contribution in [1.29, 1.82) is 0 Å². The average molecular weight is 347 g/mol. The summed E-state index contributed by atoms with van der Waals surface area (Å²) < 4.78 is 40.5. The van der Waals surface area contributed by atoms with Gasteiger partial charge in [0.25, 0.3) is 0 Å². The van der Waals surface area contributed by atoms with Crippen LogP contribution < -0.4 is 5.73 Å². The predicted octanol–water partition coefficient (Wildman–Crippen LogP) is 2.05. The SMILES string of the molecule is Cc1nc(COCC(F)(F)F)nc(N)c1I. The van der Waals surface area contributed by atoms with Crippen molar-refractivity contribution in [3.63, 3.8) is 0 Å². The molecule has 4 nitrogen and oxygen atoms in total. The Labute approximate surface area is 104 Å². The first-order valence-corrected chi connectivity index (χ1v) is 5.30. The summed E-state index contributed by atoms with van der Waals surface area (Å²) in [7, 11) is 0. The van der Waals surface area contributed by atoms with Gasteiger partial charge in [0.1, 0.15) is 19.0 Å². The highest BCUT2D eigenvalue weighted by molar-refractivity contribution is 14.1. The Balaban J connectivity index is 2.62. The van der Waals surface area contributed by atoms with Gasteiger partial charge < -0.3 is 10.5 Å². The lowest BCUT2D eigenvalue weighted by atomic mass is 10.4. The van der Waals surface area contributed by atoms with E-state index in [4.69, 9.17) is 5.73 Å². The normalized spacial score (nSPS) is 11.8. The lowest BCUT2D eigenvalue weighted by molar-refractivity contribution is -0.177. The van der Waals surface area contributed by atoms with Crippen LogP contribution in [-0.2, 0) is 11.3 Å². The lowest BCUT2D eigenvalue weighted by Crippen LogP contribution is -2.17. The van der Waals surface area contributed by atoms with Crippen LogP contribution in [-0.4, -0.2) is 22.8 Å². The van der Waals surface area contributed by atoms with E-state index >= 15 is 0 Å². The number of nitrogens with zero attached hydrogens (tertiary/aromatic N) is 2. The molecule has 1 aromatic heterocycles. The van der Waals surface area contributed by atoms with Crippen LogP contribution in [0.25, 0.3) is 0 Å². The Morgan fingerprint density at radius 1 is 1.38 bits per heavy atom. The number of hydrogen-bond acceptors (Lipinski definition) is 4. The van der Waals surface area contributed by atoms with Crippen molar-refractivity contribution in [2.45, 2.75) is 19.7 Å². The summed E-state index contributed by atoms with van der Waals surface area (Å²) in [6, 6.07) is 0. The minimum atomic E-state index is -4.34. The van der Waals surface area contributed by atoms with Gasteiger partial charge in [0.15, 0.2) is 5.82 Å². The number of ether oxygens (including phenoxy) is 1. The van der Waals surface area contributed by atoms with E-state index in [9.17, 15) is 13.2 Å². The Morgan fingerprint density at radius 3 is 2.50 bits per heavy atom. The van der Waals surface area contributed by atoms with Gasteiger partial charge in [0, 0.05) is 0 Å². The second kappa shape index (κ2) is 5.13. The maximum atomic E-state index is 11.8. The zero-order chi connectivity index (χ0) is 12.3. The van der Waals surface area contributed by atoms with Crippen molar-refractivity contribution in [2.24, 2.45) is 0 Å². The number of aryl methyl sites for hydroxylation is 1. The fraction of sp³-hybridized carbons (Fsp3) is 0.500. The van der Waals surface area contributed by atoms with Gasteiger partial charge in [-0.2, -0.15) is 13.2 Å². The van der Waals surface area contributed by atoms with Crippen LogP contribution in [0.2, 0.25) is 0 Å². The minimum absolute atomic E-state index is 0.152. The molecule has 0 atom stereocenters. The van der Waals surface area contributed by atoms with Crippen LogP contribution in [0.1, 0.15) is 11.5 Å². The summed E-state index contributed by atoms with van der Waals surface area (Å²) in [4.78, 5) is 7.78. The van der Waals surface area contributed by atoms with Crippen molar-refractivity contribution < 1.29 is 17.9 Å². The molecule has 90 valence electrons. The molecule has 0 saturated carbocycles. The summed E-state index contributed by atoms with van der Waals surface area (Å²) in [6.45, 7) is 0.0792. The number of hydrogen-bond donors (Lipinski definition) is 1. The number of aromatic nitrogens is 2. The molecule has 0 unspecified atom stereocenters. The highest BCUT2D eigenvalue weighted by atomic mass is 127. The van der Waals surface area contributed by atoms with Gasteiger partial charge in [0.05, 0.1) is 9.26 Å². The fourth-order valence-electron chi connectivity index (χ4n) is 0.964. The second-order valence-corrected chi connectivity index (χ2v) is 4.11. The number of rotatable bonds is 3. The van der Waals surface area contributed by atoms with E-state index in [0.717, 1.165) is 0 Å². The van der Waals surface area contributed by atoms with Crippen molar-refractivity contribution in [3.05, 3.63) is 15.1 Å². The molecule has 0 fully saturated rings. The van der Waals surface area contributed by atoms with Crippen molar-refractivity contribution in [3.8, 4) is 0 Å². The van der Waals surface area contributed by atoms with Gasteiger partial charge in [-0.1, -0.05) is 0 Å². The van der Waals surface area contributed by atoms with Crippen molar-refractivity contribution in [1.82, 2.24) is 9.97 Å². The lowest BCUT2D eigenvalue weighted by Gasteiger charge is -2.08.